The molecule has 0 radical (unpaired) electrons. The van der Waals surface area contributed by atoms with Crippen LogP contribution in [0.3, 0.4) is 0 Å². The molecule has 0 bridgehead atoms. The molecule has 9 nitrogen and oxygen atoms in total. The van der Waals surface area contributed by atoms with Crippen LogP contribution in [0.5, 0.6) is 0 Å². The number of carbonyl (C=O) groups is 3. The Balaban J connectivity index is 1.03. The summed E-state index contributed by atoms with van der Waals surface area (Å²) in [5, 5.41) is 32.4. The number of anilines is 1. The average molecular weight is 652 g/mol. The minimum Gasteiger partial charge on any atom is -0.393 e. The minimum atomic E-state index is -1.39. The predicted molar refractivity (Wildman–Crippen MR) is 175 cm³/mol. The molecule has 4 aliphatic carbocycles. The number of allylic oxidation sites excluding steroid dienone is 2. The minimum absolute atomic E-state index is 0.0473. The zero-order valence-electron chi connectivity index (χ0n) is 27.1. The SMILES string of the molecule is C[C@]12C=CC(O)C=C1CC[C@@H]1[C@@H]2[C@@H](O)C[C@@]2(C)[C@H]1C[C@H]1O[C@@H](c3ccc(Cc4cccc(N5C(=O)C=CC5=O)c4)cc3)O[C@]12C(=O)CO. The van der Waals surface area contributed by atoms with Gasteiger partial charge in [0.05, 0.1) is 24.0 Å². The first-order chi connectivity index (χ1) is 23.0. The highest BCUT2D eigenvalue weighted by atomic mass is 16.7. The van der Waals surface area contributed by atoms with Crippen LogP contribution in [-0.2, 0) is 30.3 Å². The van der Waals surface area contributed by atoms with Gasteiger partial charge in [-0.2, -0.15) is 0 Å². The normalized spacial score (nSPS) is 39.6. The fourth-order valence-corrected chi connectivity index (χ4v) is 10.4. The van der Waals surface area contributed by atoms with E-state index in [9.17, 15) is 29.7 Å². The molecule has 2 aromatic carbocycles. The van der Waals surface area contributed by atoms with Crippen LogP contribution >= 0.6 is 0 Å². The van der Waals surface area contributed by atoms with Gasteiger partial charge in [-0.3, -0.25) is 14.4 Å². The summed E-state index contributed by atoms with van der Waals surface area (Å²) in [6, 6.07) is 15.1. The van der Waals surface area contributed by atoms with Gasteiger partial charge in [-0.1, -0.05) is 74.0 Å². The van der Waals surface area contributed by atoms with Gasteiger partial charge in [-0.05, 0) is 67.2 Å². The standard InChI is InChI=1S/C39H41NO8/c1-37-15-14-27(42)18-25(37)10-11-28-29-19-32-39(31(44)21-41,38(29,2)20-30(43)35(28)37)48-36(47-32)24-8-6-22(7-9-24)16-23-4-3-5-26(17-23)40-33(45)12-13-34(40)46/h3-9,12-15,17-18,27-30,32,35-36,41-43H,10-11,16,19-21H2,1-2H3/t27?,28-,29-,30-,32+,35+,36+,37-,38-,39+/m0/s1. The number of imide groups is 1. The van der Waals surface area contributed by atoms with E-state index < -0.39 is 48.0 Å². The van der Waals surface area contributed by atoms with Crippen LogP contribution in [0.15, 0.2) is 84.5 Å². The van der Waals surface area contributed by atoms with Gasteiger partial charge >= 0.3 is 0 Å². The Hall–Kier alpha value is -3.73. The molecule has 1 unspecified atom stereocenters. The Bertz CT molecular complexity index is 1760. The number of ketones is 1. The smallest absolute Gasteiger partial charge is 0.258 e. The number of aliphatic hydroxyl groups is 3. The van der Waals surface area contributed by atoms with E-state index in [4.69, 9.17) is 9.47 Å². The molecule has 250 valence electrons. The molecule has 1 saturated heterocycles. The van der Waals surface area contributed by atoms with Crippen molar-refractivity contribution in [2.75, 3.05) is 11.5 Å². The van der Waals surface area contributed by atoms with Gasteiger partial charge in [0, 0.05) is 34.5 Å². The second-order valence-electron chi connectivity index (χ2n) is 14.9. The molecule has 2 heterocycles. The first kappa shape index (κ1) is 31.5. The lowest BCUT2D eigenvalue weighted by molar-refractivity contribution is -0.201. The number of benzene rings is 2. The molecule has 10 atom stereocenters. The largest absolute Gasteiger partial charge is 0.393 e. The molecule has 48 heavy (non-hydrogen) atoms. The summed E-state index contributed by atoms with van der Waals surface area (Å²) in [6.45, 7) is 3.53. The lowest BCUT2D eigenvalue weighted by atomic mass is 9.46. The number of fused-ring (bicyclic) bond motifs is 7. The van der Waals surface area contributed by atoms with Crippen molar-refractivity contribution in [3.05, 3.63) is 101 Å². The summed E-state index contributed by atoms with van der Waals surface area (Å²) in [7, 11) is 0. The number of amides is 2. The van der Waals surface area contributed by atoms with Crippen LogP contribution < -0.4 is 4.90 Å². The Morgan fingerprint density at radius 3 is 2.50 bits per heavy atom. The van der Waals surface area contributed by atoms with Crippen LogP contribution in [-0.4, -0.2) is 63.4 Å². The molecular weight excluding hydrogens is 610 g/mol. The highest BCUT2D eigenvalue weighted by Crippen LogP contribution is 2.70. The van der Waals surface area contributed by atoms with E-state index in [1.165, 1.54) is 17.7 Å². The third-order valence-corrected chi connectivity index (χ3v) is 12.5. The number of nitrogens with zero attached hydrogens (tertiary/aromatic N) is 1. The molecule has 3 saturated carbocycles. The second kappa shape index (κ2) is 11.1. The lowest BCUT2D eigenvalue weighted by Gasteiger charge is -2.60. The summed E-state index contributed by atoms with van der Waals surface area (Å²) in [6.07, 6.45) is 8.82. The molecule has 3 N–H and O–H groups in total. The van der Waals surface area contributed by atoms with Crippen molar-refractivity contribution in [1.29, 1.82) is 0 Å². The van der Waals surface area contributed by atoms with Crippen LogP contribution in [0.4, 0.5) is 5.69 Å². The molecule has 0 spiro atoms. The number of aliphatic hydroxyl groups excluding tert-OH is 3. The molecule has 2 amide bonds. The van der Waals surface area contributed by atoms with Crippen LogP contribution in [0.2, 0.25) is 0 Å². The van der Waals surface area contributed by atoms with E-state index in [-0.39, 0.29) is 35.0 Å². The Morgan fingerprint density at radius 1 is 1.02 bits per heavy atom. The van der Waals surface area contributed by atoms with Gasteiger partial charge in [0.2, 0.25) is 0 Å². The fraction of sp³-hybridized carbons (Fsp3) is 0.462. The van der Waals surface area contributed by atoms with Crippen molar-refractivity contribution in [1.82, 2.24) is 0 Å². The summed E-state index contributed by atoms with van der Waals surface area (Å²) in [4.78, 5) is 39.3. The van der Waals surface area contributed by atoms with Crippen LogP contribution in [0.25, 0.3) is 0 Å². The molecule has 4 fully saturated rings. The van der Waals surface area contributed by atoms with Gasteiger partial charge in [0.15, 0.2) is 17.7 Å². The molecular formula is C39H41NO8. The molecule has 2 aliphatic heterocycles. The molecule has 8 rings (SSSR count). The van der Waals surface area contributed by atoms with Gasteiger partial charge in [-0.15, -0.1) is 0 Å². The van der Waals surface area contributed by atoms with Crippen LogP contribution in [0.1, 0.15) is 62.5 Å². The average Bonchev–Trinajstić information content (AvgIpc) is 3.70. The number of hydrogen-bond acceptors (Lipinski definition) is 8. The van der Waals surface area contributed by atoms with E-state index >= 15 is 0 Å². The molecule has 0 aromatic heterocycles. The maximum Gasteiger partial charge on any atom is 0.258 e. The predicted octanol–water partition coefficient (Wildman–Crippen LogP) is 4.10. The van der Waals surface area contributed by atoms with Crippen molar-refractivity contribution < 1.29 is 39.2 Å². The van der Waals surface area contributed by atoms with Gasteiger partial charge in [0.1, 0.15) is 6.61 Å². The van der Waals surface area contributed by atoms with Crippen molar-refractivity contribution in [2.24, 2.45) is 28.6 Å². The van der Waals surface area contributed by atoms with Crippen molar-refractivity contribution in [3.63, 3.8) is 0 Å². The van der Waals surface area contributed by atoms with Crippen molar-refractivity contribution in [3.8, 4) is 0 Å². The Labute approximate surface area is 279 Å². The van der Waals surface area contributed by atoms with E-state index in [0.29, 0.717) is 24.9 Å². The zero-order valence-corrected chi connectivity index (χ0v) is 27.1. The quantitative estimate of drug-likeness (QED) is 0.314. The highest BCUT2D eigenvalue weighted by Gasteiger charge is 2.75. The van der Waals surface area contributed by atoms with E-state index in [2.05, 4.69) is 13.0 Å². The number of Topliss-reactive ketones (excluding diaryl/α,β-unsaturated/α-hetero) is 1. The monoisotopic (exact) mass is 651 g/mol. The maximum absolute atomic E-state index is 13.8. The first-order valence-electron chi connectivity index (χ1n) is 17.0. The summed E-state index contributed by atoms with van der Waals surface area (Å²) in [5.74, 6) is -1.01. The van der Waals surface area contributed by atoms with Gasteiger partial charge in [0.25, 0.3) is 11.8 Å². The lowest BCUT2D eigenvalue weighted by Crippen LogP contribution is -2.63. The highest BCUT2D eigenvalue weighted by molar-refractivity contribution is 6.28. The maximum atomic E-state index is 13.8. The topological polar surface area (TPSA) is 134 Å². The second-order valence-corrected chi connectivity index (χ2v) is 14.9. The molecule has 6 aliphatic rings. The van der Waals surface area contributed by atoms with Gasteiger partial charge in [-0.25, -0.2) is 4.90 Å². The fourth-order valence-electron chi connectivity index (χ4n) is 10.4. The van der Waals surface area contributed by atoms with E-state index in [1.807, 2.05) is 61.5 Å². The third-order valence-electron chi connectivity index (χ3n) is 12.5. The van der Waals surface area contributed by atoms with Gasteiger partial charge < -0.3 is 24.8 Å². The number of hydrogen-bond donors (Lipinski definition) is 3. The summed E-state index contributed by atoms with van der Waals surface area (Å²) < 4.78 is 13.3. The molecule has 2 aromatic rings. The van der Waals surface area contributed by atoms with E-state index in [0.717, 1.165) is 34.4 Å². The molecule has 9 heteroatoms. The van der Waals surface area contributed by atoms with Crippen molar-refractivity contribution >= 4 is 23.3 Å². The summed E-state index contributed by atoms with van der Waals surface area (Å²) in [5.41, 5.74) is 1.88. The number of carbonyl (C=O) groups excluding carboxylic acids is 3. The number of rotatable bonds is 6. The van der Waals surface area contributed by atoms with Crippen molar-refractivity contribution in [2.45, 2.75) is 76.2 Å². The Kier molecular flexibility index (Phi) is 7.32. The van der Waals surface area contributed by atoms with Crippen LogP contribution in [0, 0.1) is 28.6 Å². The third kappa shape index (κ3) is 4.44. The number of ether oxygens (including phenoxy) is 2. The zero-order chi connectivity index (χ0) is 33.6. The first-order valence-corrected chi connectivity index (χ1v) is 17.0. The summed E-state index contributed by atoms with van der Waals surface area (Å²) >= 11 is 0. The van der Waals surface area contributed by atoms with E-state index in [1.54, 1.807) is 6.07 Å². The Morgan fingerprint density at radius 2 is 1.77 bits per heavy atom.